The highest BCUT2D eigenvalue weighted by atomic mass is 16.6. The summed E-state index contributed by atoms with van der Waals surface area (Å²) in [7, 11) is 0. The molecule has 0 saturated heterocycles. The summed E-state index contributed by atoms with van der Waals surface area (Å²) < 4.78 is 1.42. The summed E-state index contributed by atoms with van der Waals surface area (Å²) in [5, 5.41) is 14.0. The predicted molar refractivity (Wildman–Crippen MR) is 57.5 cm³/mol. The third-order valence-electron chi connectivity index (χ3n) is 2.14. The number of unbranched alkanes of at least 4 members (excludes halogenated alkanes) is 2. The molecule has 0 bridgehead atoms. The number of aromatic nitrogens is 3. The molecule has 0 atom stereocenters. The van der Waals surface area contributed by atoms with Crippen LogP contribution in [0.25, 0.3) is 0 Å². The number of nitro groups is 1. The van der Waals surface area contributed by atoms with Gasteiger partial charge in [-0.3, -0.25) is 10.2 Å². The molecule has 17 heavy (non-hydrogen) atoms. The van der Waals surface area contributed by atoms with E-state index < -0.39 is 10.9 Å². The number of hydrazine groups is 1. The van der Waals surface area contributed by atoms with E-state index in [1.54, 1.807) is 0 Å². The lowest BCUT2D eigenvalue weighted by Crippen LogP contribution is -2.29. The number of nitrogens with two attached hydrogens (primary N) is 1. The van der Waals surface area contributed by atoms with Crippen LogP contribution in [-0.2, 0) is 11.3 Å². The summed E-state index contributed by atoms with van der Waals surface area (Å²) in [5.41, 5.74) is 2.05. The first-order chi connectivity index (χ1) is 8.13. The molecule has 0 aliphatic heterocycles. The molecule has 1 heterocycles. The summed E-state index contributed by atoms with van der Waals surface area (Å²) in [6.45, 7) is 0.547. The van der Waals surface area contributed by atoms with E-state index in [1.165, 1.54) is 11.0 Å². The van der Waals surface area contributed by atoms with E-state index in [2.05, 4.69) is 10.1 Å². The smallest absolute Gasteiger partial charge is 0.390 e. The van der Waals surface area contributed by atoms with Crippen molar-refractivity contribution in [2.24, 2.45) is 5.84 Å². The molecule has 94 valence electrons. The Balaban J connectivity index is 2.18. The minimum absolute atomic E-state index is 0.193. The summed E-state index contributed by atoms with van der Waals surface area (Å²) in [4.78, 5) is 24.0. The monoisotopic (exact) mass is 242 g/mol. The minimum atomic E-state index is -0.637. The van der Waals surface area contributed by atoms with Crippen molar-refractivity contribution >= 4 is 11.9 Å². The maximum atomic E-state index is 10.8. The number of rotatable bonds is 7. The average molecular weight is 242 g/mol. The van der Waals surface area contributed by atoms with E-state index in [4.69, 9.17) is 5.84 Å². The second kappa shape index (κ2) is 6.53. The second-order valence-corrected chi connectivity index (χ2v) is 3.44. The van der Waals surface area contributed by atoms with Crippen molar-refractivity contribution in [3.05, 3.63) is 16.4 Å². The second-order valence-electron chi connectivity index (χ2n) is 3.44. The fraction of sp³-hybridized carbons (Fsp3) is 0.625. The van der Waals surface area contributed by atoms with Crippen LogP contribution in [0.2, 0.25) is 0 Å². The van der Waals surface area contributed by atoms with Gasteiger partial charge in [-0.25, -0.2) is 5.84 Å². The highest BCUT2D eigenvalue weighted by Gasteiger charge is 2.12. The van der Waals surface area contributed by atoms with Gasteiger partial charge in [-0.2, -0.15) is 4.68 Å². The van der Waals surface area contributed by atoms with Crippen LogP contribution in [0.3, 0.4) is 0 Å². The Morgan fingerprint density at radius 3 is 2.88 bits per heavy atom. The Labute approximate surface area is 97.1 Å². The van der Waals surface area contributed by atoms with Crippen LogP contribution < -0.4 is 11.3 Å². The van der Waals surface area contributed by atoms with Gasteiger partial charge < -0.3 is 10.1 Å². The average Bonchev–Trinajstić information content (AvgIpc) is 2.77. The lowest BCUT2D eigenvalue weighted by Gasteiger charge is -1.99. The minimum Gasteiger partial charge on any atom is -0.390 e. The van der Waals surface area contributed by atoms with Crippen LogP contribution in [0.15, 0.2) is 6.33 Å². The van der Waals surface area contributed by atoms with Gasteiger partial charge in [-0.05, 0) is 17.8 Å². The molecule has 1 rings (SSSR count). The summed E-state index contributed by atoms with van der Waals surface area (Å²) >= 11 is 0. The van der Waals surface area contributed by atoms with E-state index in [1.807, 2.05) is 5.43 Å². The topological polar surface area (TPSA) is 129 Å². The molecular formula is C8H14N6O3. The third-order valence-corrected chi connectivity index (χ3v) is 2.14. The van der Waals surface area contributed by atoms with Gasteiger partial charge in [0.1, 0.15) is 0 Å². The van der Waals surface area contributed by atoms with Gasteiger partial charge in [-0.1, -0.05) is 11.4 Å². The maximum absolute atomic E-state index is 10.8. The van der Waals surface area contributed by atoms with Gasteiger partial charge in [0.15, 0.2) is 0 Å². The van der Waals surface area contributed by atoms with Crippen LogP contribution >= 0.6 is 0 Å². The van der Waals surface area contributed by atoms with Crippen LogP contribution in [0.4, 0.5) is 5.95 Å². The molecule has 0 fully saturated rings. The number of aryl methyl sites for hydroxylation is 1. The maximum Gasteiger partial charge on any atom is 0.490 e. The fourth-order valence-corrected chi connectivity index (χ4v) is 1.28. The SMILES string of the molecule is NNC(=O)CCCCCn1cnc([N+](=O)[O-])n1. The van der Waals surface area contributed by atoms with Crippen molar-refractivity contribution in [3.63, 3.8) is 0 Å². The van der Waals surface area contributed by atoms with Crippen molar-refractivity contribution in [3.8, 4) is 0 Å². The number of nitrogens with zero attached hydrogens (tertiary/aromatic N) is 4. The van der Waals surface area contributed by atoms with Gasteiger partial charge >= 0.3 is 5.95 Å². The number of nitrogens with one attached hydrogen (secondary N) is 1. The molecular weight excluding hydrogens is 228 g/mol. The molecule has 3 N–H and O–H groups in total. The quantitative estimate of drug-likeness (QED) is 0.223. The van der Waals surface area contributed by atoms with Crippen LogP contribution in [0.1, 0.15) is 25.7 Å². The van der Waals surface area contributed by atoms with Gasteiger partial charge in [0, 0.05) is 11.5 Å². The predicted octanol–water partition coefficient (Wildman–Crippen LogP) is -0.263. The number of hydrogen-bond donors (Lipinski definition) is 2. The van der Waals surface area contributed by atoms with Crippen molar-refractivity contribution in [2.45, 2.75) is 32.2 Å². The molecule has 1 aromatic rings. The van der Waals surface area contributed by atoms with E-state index in [9.17, 15) is 14.9 Å². The third kappa shape index (κ3) is 4.55. The van der Waals surface area contributed by atoms with E-state index in [0.29, 0.717) is 13.0 Å². The van der Waals surface area contributed by atoms with E-state index in [0.717, 1.165) is 19.3 Å². The Morgan fingerprint density at radius 1 is 1.53 bits per heavy atom. The molecule has 0 unspecified atom stereocenters. The zero-order valence-corrected chi connectivity index (χ0v) is 9.20. The Bertz CT molecular complexity index is 390. The van der Waals surface area contributed by atoms with Crippen LogP contribution in [0.5, 0.6) is 0 Å². The zero-order valence-electron chi connectivity index (χ0n) is 9.20. The standard InChI is InChI=1S/C8H14N6O3/c9-11-7(15)4-2-1-3-5-13-6-10-8(12-13)14(16)17/h6H,1-5,9H2,(H,11,15). The van der Waals surface area contributed by atoms with E-state index >= 15 is 0 Å². The van der Waals surface area contributed by atoms with E-state index in [-0.39, 0.29) is 5.91 Å². The fourth-order valence-electron chi connectivity index (χ4n) is 1.28. The summed E-state index contributed by atoms with van der Waals surface area (Å²) in [5.74, 6) is 4.33. The van der Waals surface area contributed by atoms with Crippen molar-refractivity contribution in [1.29, 1.82) is 0 Å². The molecule has 9 heteroatoms. The van der Waals surface area contributed by atoms with Crippen molar-refractivity contribution in [1.82, 2.24) is 20.2 Å². The van der Waals surface area contributed by atoms with Crippen molar-refractivity contribution in [2.75, 3.05) is 0 Å². The van der Waals surface area contributed by atoms with Gasteiger partial charge in [0.2, 0.25) is 12.2 Å². The first-order valence-corrected chi connectivity index (χ1v) is 5.16. The Hall–Kier alpha value is -2.03. The van der Waals surface area contributed by atoms with Crippen LogP contribution in [0, 0.1) is 10.1 Å². The largest absolute Gasteiger partial charge is 0.490 e. The molecule has 0 aromatic carbocycles. The molecule has 0 aliphatic rings. The molecule has 1 amide bonds. The van der Waals surface area contributed by atoms with Crippen molar-refractivity contribution < 1.29 is 9.72 Å². The number of carbonyl (C=O) groups excluding carboxylic acids is 1. The Kier molecular flexibility index (Phi) is 5.01. The molecule has 9 nitrogen and oxygen atoms in total. The molecule has 1 aromatic heterocycles. The zero-order chi connectivity index (χ0) is 12.7. The molecule has 0 aliphatic carbocycles. The first kappa shape index (κ1) is 13.0. The summed E-state index contributed by atoms with van der Waals surface area (Å²) in [6.07, 6.45) is 4.03. The number of amides is 1. The number of carbonyl (C=O) groups is 1. The highest BCUT2D eigenvalue weighted by Crippen LogP contribution is 2.04. The lowest BCUT2D eigenvalue weighted by molar-refractivity contribution is -0.394. The first-order valence-electron chi connectivity index (χ1n) is 5.16. The summed E-state index contributed by atoms with van der Waals surface area (Å²) in [6, 6.07) is 0. The number of hydrogen-bond acceptors (Lipinski definition) is 6. The molecule has 0 saturated carbocycles. The molecule has 0 radical (unpaired) electrons. The molecule has 0 spiro atoms. The Morgan fingerprint density at radius 2 is 2.29 bits per heavy atom. The lowest BCUT2D eigenvalue weighted by atomic mass is 10.2. The van der Waals surface area contributed by atoms with Crippen LogP contribution in [-0.4, -0.2) is 25.6 Å². The normalized spacial score (nSPS) is 10.2. The van der Waals surface area contributed by atoms with Gasteiger partial charge in [-0.15, -0.1) is 0 Å². The van der Waals surface area contributed by atoms with Gasteiger partial charge in [0.25, 0.3) is 0 Å². The highest BCUT2D eigenvalue weighted by molar-refractivity contribution is 5.74. The van der Waals surface area contributed by atoms with Gasteiger partial charge in [0.05, 0.1) is 6.54 Å².